The van der Waals surface area contributed by atoms with Crippen molar-refractivity contribution in [2.75, 3.05) is 18.5 Å². The van der Waals surface area contributed by atoms with Gasteiger partial charge in [-0.25, -0.2) is 4.79 Å². The van der Waals surface area contributed by atoms with E-state index in [9.17, 15) is 4.79 Å². The predicted molar refractivity (Wildman–Crippen MR) is 120 cm³/mol. The van der Waals surface area contributed by atoms with Crippen molar-refractivity contribution in [1.82, 2.24) is 5.32 Å². The molecular formula is C25H34N3O2+. The second-order valence-electron chi connectivity index (χ2n) is 8.58. The van der Waals surface area contributed by atoms with Crippen LogP contribution in [0.1, 0.15) is 44.6 Å². The maximum absolute atomic E-state index is 12.7. The third-order valence-corrected chi connectivity index (χ3v) is 6.61. The molecule has 2 aliphatic rings. The van der Waals surface area contributed by atoms with Gasteiger partial charge in [0.25, 0.3) is 0 Å². The highest BCUT2D eigenvalue weighted by molar-refractivity contribution is 5.91. The predicted octanol–water partition coefficient (Wildman–Crippen LogP) is 3.42. The molecule has 3 N–H and O–H groups in total. The van der Waals surface area contributed by atoms with E-state index in [0.717, 1.165) is 24.9 Å². The zero-order valence-corrected chi connectivity index (χ0v) is 17.9. The molecule has 2 atom stereocenters. The Bertz CT molecular complexity index is 812. The summed E-state index contributed by atoms with van der Waals surface area (Å²) in [4.78, 5) is 14.4. The van der Waals surface area contributed by atoms with Crippen LogP contribution in [-0.4, -0.2) is 37.3 Å². The highest BCUT2D eigenvalue weighted by Gasteiger charge is 2.41. The van der Waals surface area contributed by atoms with Gasteiger partial charge in [-0.15, -0.1) is 0 Å². The van der Waals surface area contributed by atoms with Gasteiger partial charge in [-0.1, -0.05) is 42.5 Å². The van der Waals surface area contributed by atoms with E-state index in [1.807, 2.05) is 31.2 Å². The fourth-order valence-electron chi connectivity index (χ4n) is 5.29. The monoisotopic (exact) mass is 408 g/mol. The van der Waals surface area contributed by atoms with Crippen LogP contribution in [0.4, 0.5) is 10.5 Å². The summed E-state index contributed by atoms with van der Waals surface area (Å²) in [7, 11) is 0. The molecule has 0 unspecified atom stereocenters. The highest BCUT2D eigenvalue weighted by Crippen LogP contribution is 2.25. The first-order valence-corrected chi connectivity index (χ1v) is 11.4. The molecule has 30 heavy (non-hydrogen) atoms. The third-order valence-electron chi connectivity index (χ3n) is 6.61. The number of ether oxygens (including phenoxy) is 1. The summed E-state index contributed by atoms with van der Waals surface area (Å²) in [5, 5.41) is 6.23. The molecule has 2 aliphatic heterocycles. The molecule has 160 valence electrons. The Hall–Kier alpha value is -2.53. The molecule has 0 aromatic heterocycles. The van der Waals surface area contributed by atoms with Crippen LogP contribution in [-0.2, 0) is 6.42 Å². The minimum atomic E-state index is -0.127. The van der Waals surface area contributed by atoms with Crippen LogP contribution in [0.15, 0.2) is 54.6 Å². The minimum Gasteiger partial charge on any atom is -0.492 e. The van der Waals surface area contributed by atoms with Crippen molar-refractivity contribution in [2.24, 2.45) is 0 Å². The van der Waals surface area contributed by atoms with Crippen LogP contribution in [0.5, 0.6) is 5.75 Å². The number of nitrogens with one attached hydrogen (secondary N) is 3. The van der Waals surface area contributed by atoms with Gasteiger partial charge in [0.05, 0.1) is 30.9 Å². The largest absolute Gasteiger partial charge is 0.492 e. The van der Waals surface area contributed by atoms with Gasteiger partial charge in [0.2, 0.25) is 0 Å². The van der Waals surface area contributed by atoms with Gasteiger partial charge in [-0.2, -0.15) is 0 Å². The molecule has 0 spiro atoms. The molecule has 5 heteroatoms. The molecule has 2 heterocycles. The van der Waals surface area contributed by atoms with Crippen molar-refractivity contribution in [3.05, 3.63) is 60.2 Å². The molecular weight excluding hydrogens is 374 g/mol. The summed E-state index contributed by atoms with van der Waals surface area (Å²) in [5.74, 6) is 0.715. The first-order chi connectivity index (χ1) is 14.7. The zero-order chi connectivity index (χ0) is 20.8. The Balaban J connectivity index is 1.32. The van der Waals surface area contributed by atoms with Crippen LogP contribution in [0, 0.1) is 0 Å². The Labute approximate surface area is 179 Å². The standard InChI is InChI=1S/C25H33N3O2/c1-2-30-24-14-7-6-13-23(24)27-25(29)26-20-17-21-11-8-12-22(18-20)28(21)16-15-19-9-4-3-5-10-19/h3-7,9-10,13-14,20-22H,2,8,11-12,15-18H2,1H3,(H2,26,27,29)/p+1/t21-,22-/m1/s1. The maximum atomic E-state index is 12.7. The van der Waals surface area contributed by atoms with Gasteiger partial charge >= 0.3 is 6.03 Å². The minimum absolute atomic E-state index is 0.127. The van der Waals surface area contributed by atoms with Gasteiger partial charge < -0.3 is 20.3 Å². The number of carbonyl (C=O) groups is 1. The average molecular weight is 409 g/mol. The van der Waals surface area contributed by atoms with Crippen molar-refractivity contribution in [2.45, 2.75) is 63.6 Å². The smallest absolute Gasteiger partial charge is 0.319 e. The Morgan fingerprint density at radius 2 is 1.73 bits per heavy atom. The maximum Gasteiger partial charge on any atom is 0.319 e. The highest BCUT2D eigenvalue weighted by atomic mass is 16.5. The van der Waals surface area contributed by atoms with E-state index in [0.29, 0.717) is 24.4 Å². The number of hydrogen-bond donors (Lipinski definition) is 3. The molecule has 5 nitrogen and oxygen atoms in total. The van der Waals surface area contributed by atoms with Crippen LogP contribution < -0.4 is 20.3 Å². The molecule has 0 saturated carbocycles. The number of rotatable bonds is 7. The quantitative estimate of drug-likeness (QED) is 0.658. The zero-order valence-electron chi connectivity index (χ0n) is 17.9. The molecule has 2 amide bonds. The van der Waals surface area contributed by atoms with E-state index in [1.165, 1.54) is 31.4 Å². The van der Waals surface area contributed by atoms with Crippen molar-refractivity contribution < 1.29 is 14.4 Å². The molecule has 2 aromatic carbocycles. The molecule has 2 bridgehead atoms. The summed E-state index contributed by atoms with van der Waals surface area (Å²) in [6.07, 6.45) is 7.14. The third kappa shape index (κ3) is 5.14. The lowest BCUT2D eigenvalue weighted by Crippen LogP contribution is -3.21. The van der Waals surface area contributed by atoms with Crippen molar-refractivity contribution >= 4 is 11.7 Å². The van der Waals surface area contributed by atoms with Crippen molar-refractivity contribution in [1.29, 1.82) is 0 Å². The molecule has 4 rings (SSSR count). The molecule has 2 aromatic rings. The number of carbonyl (C=O) groups excluding carboxylic acids is 1. The lowest BCUT2D eigenvalue weighted by Gasteiger charge is -2.46. The molecule has 2 saturated heterocycles. The number of benzene rings is 2. The first-order valence-electron chi connectivity index (χ1n) is 11.4. The lowest BCUT2D eigenvalue weighted by atomic mass is 9.81. The van der Waals surface area contributed by atoms with Crippen LogP contribution in [0.2, 0.25) is 0 Å². The SMILES string of the molecule is CCOc1ccccc1NC(=O)NC1C[C@H]2CCC[C@H](C1)[NH+]2CCc1ccccc1. The number of quaternary nitrogens is 1. The van der Waals surface area contributed by atoms with Gasteiger partial charge in [-0.3, -0.25) is 0 Å². The summed E-state index contributed by atoms with van der Waals surface area (Å²) in [6, 6.07) is 19.8. The number of para-hydroxylation sites is 2. The van der Waals surface area contributed by atoms with E-state index in [2.05, 4.69) is 41.0 Å². The molecule has 0 radical (unpaired) electrons. The molecule has 0 aliphatic carbocycles. The van der Waals surface area contributed by atoms with Crippen molar-refractivity contribution in [3.8, 4) is 5.75 Å². The van der Waals surface area contributed by atoms with Gasteiger partial charge in [0.1, 0.15) is 5.75 Å². The van der Waals surface area contributed by atoms with Crippen molar-refractivity contribution in [3.63, 3.8) is 0 Å². The fraction of sp³-hybridized carbons (Fsp3) is 0.480. The fourth-order valence-corrected chi connectivity index (χ4v) is 5.29. The Morgan fingerprint density at radius 3 is 2.47 bits per heavy atom. The Kier molecular flexibility index (Phi) is 6.90. The van der Waals surface area contributed by atoms with E-state index in [4.69, 9.17) is 4.74 Å². The van der Waals surface area contributed by atoms with Crippen LogP contribution >= 0.6 is 0 Å². The first kappa shape index (κ1) is 20.7. The summed E-state index contributed by atoms with van der Waals surface area (Å²) in [6.45, 7) is 3.72. The topological polar surface area (TPSA) is 54.8 Å². The number of anilines is 1. The summed E-state index contributed by atoms with van der Waals surface area (Å²) >= 11 is 0. The number of piperidine rings is 2. The number of hydrogen-bond acceptors (Lipinski definition) is 2. The lowest BCUT2D eigenvalue weighted by molar-refractivity contribution is -0.960. The van der Waals surface area contributed by atoms with E-state index in [1.54, 1.807) is 4.90 Å². The van der Waals surface area contributed by atoms with E-state index in [-0.39, 0.29) is 12.1 Å². The number of urea groups is 1. The normalized spacial score (nSPS) is 25.4. The summed E-state index contributed by atoms with van der Waals surface area (Å²) < 4.78 is 5.62. The number of amides is 2. The second kappa shape index (κ2) is 9.98. The second-order valence-corrected chi connectivity index (χ2v) is 8.58. The van der Waals surface area contributed by atoms with Crippen LogP contribution in [0.25, 0.3) is 0 Å². The Morgan fingerprint density at radius 1 is 1.03 bits per heavy atom. The van der Waals surface area contributed by atoms with E-state index >= 15 is 0 Å². The van der Waals surface area contributed by atoms with Crippen LogP contribution in [0.3, 0.4) is 0 Å². The average Bonchev–Trinajstić information content (AvgIpc) is 2.74. The summed E-state index contributed by atoms with van der Waals surface area (Å²) in [5.41, 5.74) is 2.15. The van der Waals surface area contributed by atoms with Gasteiger partial charge in [0, 0.05) is 25.3 Å². The van der Waals surface area contributed by atoms with Gasteiger partial charge in [-0.05, 0) is 43.9 Å². The van der Waals surface area contributed by atoms with Gasteiger partial charge in [0.15, 0.2) is 0 Å². The number of fused-ring (bicyclic) bond motifs is 2. The van der Waals surface area contributed by atoms with E-state index < -0.39 is 0 Å². The molecule has 2 fully saturated rings.